The minimum absolute atomic E-state index is 0.116. The number of nitrogens with one attached hydrogen (secondary N) is 1. The van der Waals surface area contributed by atoms with E-state index in [0.717, 1.165) is 29.1 Å². The number of carbonyl (C=O) groups is 3. The first-order valence-electron chi connectivity index (χ1n) is 16.8. The van der Waals surface area contributed by atoms with Gasteiger partial charge in [-0.1, -0.05) is 30.3 Å². The van der Waals surface area contributed by atoms with Crippen molar-refractivity contribution in [3.05, 3.63) is 93.8 Å². The SMILES string of the molecule is Cc1csc(C2CCCN2C(=O)c2cc(C(=O)NC(Cc3ccccc3)C(O)C3CC(F)CN3C(=O)OC(C)(C)C)cc(-c3ncco3)c2)n1. The molecule has 4 aromatic rings. The van der Waals surface area contributed by atoms with E-state index >= 15 is 0 Å². The van der Waals surface area contributed by atoms with E-state index < -0.39 is 42.0 Å². The maximum Gasteiger partial charge on any atom is 0.410 e. The molecule has 5 atom stereocenters. The zero-order chi connectivity index (χ0) is 35.6. The number of hydrogen-bond acceptors (Lipinski definition) is 9. The van der Waals surface area contributed by atoms with E-state index in [-0.39, 0.29) is 48.4 Å². The second kappa shape index (κ2) is 14.7. The van der Waals surface area contributed by atoms with Gasteiger partial charge in [0.2, 0.25) is 5.89 Å². The van der Waals surface area contributed by atoms with E-state index in [0.29, 0.717) is 12.1 Å². The molecule has 0 spiro atoms. The molecule has 5 unspecified atom stereocenters. The lowest BCUT2D eigenvalue weighted by atomic mass is 9.94. The molecule has 11 nitrogen and oxygen atoms in total. The molecular formula is C37H42FN5O6S. The number of ether oxygens (including phenoxy) is 1. The quantitative estimate of drug-likeness (QED) is 0.212. The molecule has 2 N–H and O–H groups in total. The average Bonchev–Trinajstić information content (AvgIpc) is 3.91. The summed E-state index contributed by atoms with van der Waals surface area (Å²) in [4.78, 5) is 53.2. The topological polar surface area (TPSA) is 138 Å². The highest BCUT2D eigenvalue weighted by Crippen LogP contribution is 2.36. The van der Waals surface area contributed by atoms with Crippen LogP contribution >= 0.6 is 11.3 Å². The number of aryl methyl sites for hydroxylation is 1. The standard InChI is InChI=1S/C37H42FN5O6S/c1-22-21-50-34(40-22)29-11-8-13-42(29)35(46)26-17-24(16-25(18-26)33-39-12-14-48-33)32(45)41-28(15-23-9-6-5-7-10-23)31(44)30-19-27(38)20-43(30)36(47)49-37(2,3)4/h5-7,9-10,12,14,16-18,21,27-31,44H,8,11,13,15,19-20H2,1-4H3,(H,41,45). The molecule has 2 aliphatic rings. The molecule has 2 aromatic heterocycles. The minimum Gasteiger partial charge on any atom is -0.445 e. The van der Waals surface area contributed by atoms with Gasteiger partial charge in [-0.3, -0.25) is 14.5 Å². The summed E-state index contributed by atoms with van der Waals surface area (Å²) in [5, 5.41) is 17.6. The summed E-state index contributed by atoms with van der Waals surface area (Å²) in [5.41, 5.74) is 1.75. The predicted octanol–water partition coefficient (Wildman–Crippen LogP) is 6.13. The third-order valence-electron chi connectivity index (χ3n) is 8.90. The van der Waals surface area contributed by atoms with E-state index in [2.05, 4.69) is 15.3 Å². The summed E-state index contributed by atoms with van der Waals surface area (Å²) in [7, 11) is 0. The van der Waals surface area contributed by atoms with Crippen molar-refractivity contribution >= 4 is 29.2 Å². The van der Waals surface area contributed by atoms with Gasteiger partial charge in [0.05, 0.1) is 37.0 Å². The number of hydrogen-bond donors (Lipinski definition) is 2. The zero-order valence-electron chi connectivity index (χ0n) is 28.5. The van der Waals surface area contributed by atoms with Crippen LogP contribution in [0.3, 0.4) is 0 Å². The lowest BCUT2D eigenvalue weighted by molar-refractivity contribution is -0.00173. The first-order chi connectivity index (χ1) is 23.9. The fraction of sp³-hybridized carbons (Fsp3) is 0.432. The molecule has 0 radical (unpaired) electrons. The fourth-order valence-electron chi connectivity index (χ4n) is 6.64. The zero-order valence-corrected chi connectivity index (χ0v) is 29.4. The monoisotopic (exact) mass is 703 g/mol. The van der Waals surface area contributed by atoms with Crippen molar-refractivity contribution in [1.29, 1.82) is 0 Å². The molecule has 0 aliphatic carbocycles. The number of aromatic nitrogens is 2. The summed E-state index contributed by atoms with van der Waals surface area (Å²) < 4.78 is 25.9. The molecule has 6 rings (SSSR count). The third kappa shape index (κ3) is 8.05. The van der Waals surface area contributed by atoms with Crippen LogP contribution in [0.5, 0.6) is 0 Å². The van der Waals surface area contributed by atoms with Gasteiger partial charge in [0.25, 0.3) is 11.8 Å². The second-order valence-electron chi connectivity index (χ2n) is 13.9. The molecule has 2 saturated heterocycles. The van der Waals surface area contributed by atoms with Gasteiger partial charge in [0.15, 0.2) is 0 Å². The molecule has 13 heteroatoms. The highest BCUT2D eigenvalue weighted by atomic mass is 32.1. The normalized spacial score (nSPS) is 20.5. The smallest absolute Gasteiger partial charge is 0.410 e. The molecule has 2 aromatic carbocycles. The van der Waals surface area contributed by atoms with E-state index in [9.17, 15) is 23.9 Å². The maximum absolute atomic E-state index is 14.9. The number of benzene rings is 2. The van der Waals surface area contributed by atoms with Gasteiger partial charge in [-0.25, -0.2) is 19.2 Å². The largest absolute Gasteiger partial charge is 0.445 e. The number of thiazole rings is 1. The third-order valence-corrected chi connectivity index (χ3v) is 9.96. The van der Waals surface area contributed by atoms with Crippen LogP contribution in [-0.4, -0.2) is 85.8 Å². The van der Waals surface area contributed by atoms with Crippen molar-refractivity contribution in [2.75, 3.05) is 13.1 Å². The number of halogens is 1. The summed E-state index contributed by atoms with van der Waals surface area (Å²) in [6.45, 7) is 7.38. The van der Waals surface area contributed by atoms with Crippen molar-refractivity contribution in [2.45, 2.75) is 89.4 Å². The molecule has 2 fully saturated rings. The molecule has 2 aliphatic heterocycles. The molecule has 0 saturated carbocycles. The Morgan fingerprint density at radius 3 is 2.58 bits per heavy atom. The van der Waals surface area contributed by atoms with Crippen molar-refractivity contribution < 1.29 is 33.0 Å². The van der Waals surface area contributed by atoms with E-state index in [1.165, 1.54) is 34.8 Å². The molecule has 0 bridgehead atoms. The summed E-state index contributed by atoms with van der Waals surface area (Å²) in [6.07, 6.45) is 1.11. The van der Waals surface area contributed by atoms with Gasteiger partial charge in [-0.2, -0.15) is 0 Å². The Morgan fingerprint density at radius 2 is 1.90 bits per heavy atom. The van der Waals surface area contributed by atoms with Crippen LogP contribution in [-0.2, 0) is 11.2 Å². The minimum atomic E-state index is -1.37. The van der Waals surface area contributed by atoms with Crippen LogP contribution in [0.1, 0.15) is 83.1 Å². The molecule has 264 valence electrons. The number of oxazole rings is 1. The van der Waals surface area contributed by atoms with Crippen molar-refractivity contribution in [3.8, 4) is 11.5 Å². The fourth-order valence-corrected chi connectivity index (χ4v) is 7.58. The number of rotatable bonds is 9. The van der Waals surface area contributed by atoms with Gasteiger partial charge in [-0.05, 0) is 70.7 Å². The number of aliphatic hydroxyl groups is 1. The first-order valence-corrected chi connectivity index (χ1v) is 17.7. The molecule has 4 heterocycles. The molecular weight excluding hydrogens is 662 g/mol. The Hall–Kier alpha value is -4.62. The first kappa shape index (κ1) is 35.2. The summed E-state index contributed by atoms with van der Waals surface area (Å²) in [6, 6.07) is 12.0. The lowest BCUT2D eigenvalue weighted by Gasteiger charge is -2.34. The molecule has 3 amide bonds. The van der Waals surface area contributed by atoms with E-state index in [4.69, 9.17) is 9.15 Å². The van der Waals surface area contributed by atoms with Crippen molar-refractivity contribution in [2.24, 2.45) is 0 Å². The Bertz CT molecular complexity index is 1810. The highest BCUT2D eigenvalue weighted by molar-refractivity contribution is 7.09. The van der Waals surface area contributed by atoms with E-state index in [1.54, 1.807) is 37.8 Å². The van der Waals surface area contributed by atoms with Gasteiger partial charge in [-0.15, -0.1) is 11.3 Å². The van der Waals surface area contributed by atoms with Gasteiger partial charge >= 0.3 is 6.09 Å². The number of amides is 3. The van der Waals surface area contributed by atoms with Crippen LogP contribution in [0.4, 0.5) is 9.18 Å². The van der Waals surface area contributed by atoms with Crippen LogP contribution < -0.4 is 5.32 Å². The Labute approximate surface area is 294 Å². The number of alkyl halides is 1. The van der Waals surface area contributed by atoms with E-state index in [1.807, 2.05) is 42.6 Å². The van der Waals surface area contributed by atoms with Crippen LogP contribution in [0.25, 0.3) is 11.5 Å². The van der Waals surface area contributed by atoms with Gasteiger partial charge in [0, 0.05) is 40.7 Å². The van der Waals surface area contributed by atoms with Gasteiger partial charge < -0.3 is 24.5 Å². The average molecular weight is 704 g/mol. The number of aliphatic hydroxyl groups excluding tert-OH is 1. The Morgan fingerprint density at radius 1 is 1.14 bits per heavy atom. The van der Waals surface area contributed by atoms with Crippen molar-refractivity contribution in [1.82, 2.24) is 25.1 Å². The predicted molar refractivity (Wildman–Crippen MR) is 185 cm³/mol. The lowest BCUT2D eigenvalue weighted by Crippen LogP contribution is -2.54. The van der Waals surface area contributed by atoms with Gasteiger partial charge in [0.1, 0.15) is 23.0 Å². The summed E-state index contributed by atoms with van der Waals surface area (Å²) in [5.74, 6) is -0.591. The molecule has 50 heavy (non-hydrogen) atoms. The highest BCUT2D eigenvalue weighted by Gasteiger charge is 2.44. The van der Waals surface area contributed by atoms with Crippen molar-refractivity contribution in [3.63, 3.8) is 0 Å². The number of nitrogens with zero attached hydrogens (tertiary/aromatic N) is 4. The number of carbonyl (C=O) groups excluding carboxylic acids is 3. The second-order valence-corrected chi connectivity index (χ2v) is 14.8. The Balaban J connectivity index is 1.31. The summed E-state index contributed by atoms with van der Waals surface area (Å²) >= 11 is 1.52. The maximum atomic E-state index is 14.9. The van der Waals surface area contributed by atoms with Crippen LogP contribution in [0.15, 0.2) is 70.8 Å². The van der Waals surface area contributed by atoms with Crippen LogP contribution in [0.2, 0.25) is 0 Å². The number of likely N-dealkylation sites (tertiary alicyclic amines) is 2. The Kier molecular flexibility index (Phi) is 10.4. The van der Waals surface area contributed by atoms with Crippen LogP contribution in [0, 0.1) is 6.92 Å².